The Labute approximate surface area is 208 Å². The second kappa shape index (κ2) is 7.10. The van der Waals surface area contributed by atoms with Crippen LogP contribution in [0.5, 0.6) is 0 Å². The molecule has 0 radical (unpaired) electrons. The van der Waals surface area contributed by atoms with E-state index in [4.69, 9.17) is 14.0 Å². The molecular weight excluding hydrogens is 572 g/mol. The Hall–Kier alpha value is -2.82. The highest BCUT2D eigenvalue weighted by molar-refractivity contribution is 9.10. The number of hydrogen-bond acceptors (Lipinski definition) is 7. The molecule has 4 aliphatic rings. The molecule has 34 heavy (non-hydrogen) atoms. The van der Waals surface area contributed by atoms with Gasteiger partial charge in [-0.1, -0.05) is 37.0 Å². The standard InChI is InChI=1S/C24H14Br2N2O6/c25-9-1-4-11(5-2-9)28-23(30)15-16(24(28)31)21-22-17(20(15)33-21)18(27-34-22)13-8-32-14-6-3-10(26)7-12(14)19(13)29/h1-8,15-17,20-22H/t15-,16+,17?,20?,21?,22?/m1/s1. The minimum atomic E-state index is -0.657. The van der Waals surface area contributed by atoms with E-state index in [1.54, 1.807) is 42.5 Å². The predicted octanol–water partition coefficient (Wildman–Crippen LogP) is 3.62. The summed E-state index contributed by atoms with van der Waals surface area (Å²) in [6, 6.07) is 12.2. The molecule has 8 nitrogen and oxygen atoms in total. The molecule has 2 amide bonds. The SMILES string of the molecule is O=C1[C@@H]2C3OC(C4C(c5coc6ccc(Br)cc6c5=O)=NOC43)[C@@H]2C(=O)N1c1ccc(Br)cc1. The molecule has 3 aromatic rings. The Morgan fingerprint density at radius 2 is 1.53 bits per heavy atom. The number of imide groups is 1. The molecule has 7 rings (SSSR count). The van der Waals surface area contributed by atoms with Crippen LogP contribution in [0.1, 0.15) is 5.56 Å². The molecule has 0 N–H and O–H groups in total. The molecule has 6 atom stereocenters. The highest BCUT2D eigenvalue weighted by Gasteiger charge is 2.72. The maximum absolute atomic E-state index is 13.4. The first-order valence-electron chi connectivity index (χ1n) is 10.7. The Balaban J connectivity index is 1.27. The van der Waals surface area contributed by atoms with Crippen molar-refractivity contribution in [3.63, 3.8) is 0 Å². The van der Waals surface area contributed by atoms with E-state index in [1.165, 1.54) is 11.2 Å². The molecule has 0 saturated carbocycles. The van der Waals surface area contributed by atoms with Crippen LogP contribution in [0.3, 0.4) is 0 Å². The van der Waals surface area contributed by atoms with E-state index in [9.17, 15) is 14.4 Å². The van der Waals surface area contributed by atoms with E-state index >= 15 is 0 Å². The molecule has 4 unspecified atom stereocenters. The molecular formula is C24H14Br2N2O6. The van der Waals surface area contributed by atoms with Crippen LogP contribution in [0, 0.1) is 17.8 Å². The summed E-state index contributed by atoms with van der Waals surface area (Å²) < 4.78 is 13.4. The molecule has 3 fully saturated rings. The lowest BCUT2D eigenvalue weighted by atomic mass is 9.71. The summed E-state index contributed by atoms with van der Waals surface area (Å²) in [5, 5.41) is 4.62. The van der Waals surface area contributed by atoms with Crippen molar-refractivity contribution >= 4 is 66.0 Å². The zero-order valence-electron chi connectivity index (χ0n) is 17.2. The van der Waals surface area contributed by atoms with Gasteiger partial charge in [0.2, 0.25) is 17.2 Å². The average molecular weight is 586 g/mol. The largest absolute Gasteiger partial charge is 0.463 e. The minimum Gasteiger partial charge on any atom is -0.463 e. The van der Waals surface area contributed by atoms with Crippen LogP contribution in [0.15, 0.2) is 72.0 Å². The zero-order valence-corrected chi connectivity index (χ0v) is 20.4. The number of nitrogens with zero attached hydrogens (tertiary/aromatic N) is 2. The molecule has 0 aliphatic carbocycles. The van der Waals surface area contributed by atoms with Crippen molar-refractivity contribution in [2.45, 2.75) is 18.3 Å². The van der Waals surface area contributed by atoms with Crippen molar-refractivity contribution < 1.29 is 23.6 Å². The van der Waals surface area contributed by atoms with Gasteiger partial charge in [0.25, 0.3) is 0 Å². The Bertz CT molecular complexity index is 1500. The van der Waals surface area contributed by atoms with Crippen LogP contribution >= 0.6 is 31.9 Å². The number of carbonyl (C=O) groups is 2. The normalized spacial score (nSPS) is 31.1. The number of amides is 2. The van der Waals surface area contributed by atoms with Gasteiger partial charge in [-0.2, -0.15) is 0 Å². The number of halogens is 2. The van der Waals surface area contributed by atoms with Crippen LogP contribution < -0.4 is 10.3 Å². The monoisotopic (exact) mass is 584 g/mol. The maximum atomic E-state index is 13.4. The number of fused-ring (bicyclic) bond motifs is 9. The van der Waals surface area contributed by atoms with E-state index in [2.05, 4.69) is 37.0 Å². The third-order valence-electron chi connectivity index (χ3n) is 7.14. The lowest BCUT2D eigenvalue weighted by Gasteiger charge is -2.26. The van der Waals surface area contributed by atoms with Crippen LogP contribution in [0.2, 0.25) is 0 Å². The summed E-state index contributed by atoms with van der Waals surface area (Å²) >= 11 is 6.76. The van der Waals surface area contributed by atoms with Gasteiger partial charge in [0.15, 0.2) is 6.10 Å². The Morgan fingerprint density at radius 1 is 0.824 bits per heavy atom. The van der Waals surface area contributed by atoms with Crippen molar-refractivity contribution in [2.75, 3.05) is 4.90 Å². The molecule has 1 aromatic heterocycles. The van der Waals surface area contributed by atoms with Crippen molar-refractivity contribution in [3.8, 4) is 0 Å². The first kappa shape index (κ1) is 20.5. The molecule has 5 heterocycles. The summed E-state index contributed by atoms with van der Waals surface area (Å²) in [5.41, 5.74) is 1.41. The van der Waals surface area contributed by atoms with Gasteiger partial charge in [0.05, 0.1) is 40.5 Å². The highest BCUT2D eigenvalue weighted by atomic mass is 79.9. The van der Waals surface area contributed by atoms with Gasteiger partial charge in [-0.3, -0.25) is 14.4 Å². The number of anilines is 1. The minimum absolute atomic E-state index is 0.241. The lowest BCUT2D eigenvalue weighted by Crippen LogP contribution is -2.46. The summed E-state index contributed by atoms with van der Waals surface area (Å²) in [6.07, 6.45) is -0.390. The molecule has 2 bridgehead atoms. The third kappa shape index (κ3) is 2.61. The van der Waals surface area contributed by atoms with Crippen LogP contribution in [-0.2, 0) is 19.2 Å². The number of oxime groups is 1. The van der Waals surface area contributed by atoms with Crippen LogP contribution in [0.4, 0.5) is 5.69 Å². The van der Waals surface area contributed by atoms with Gasteiger partial charge >= 0.3 is 0 Å². The molecule has 4 aliphatic heterocycles. The second-order valence-corrected chi connectivity index (χ2v) is 10.6. The van der Waals surface area contributed by atoms with Crippen molar-refractivity contribution in [1.29, 1.82) is 0 Å². The first-order valence-corrected chi connectivity index (χ1v) is 12.3. The zero-order chi connectivity index (χ0) is 23.3. The van der Waals surface area contributed by atoms with Gasteiger partial charge < -0.3 is 14.0 Å². The molecule has 2 aromatic carbocycles. The van der Waals surface area contributed by atoms with E-state index in [1.807, 2.05) is 0 Å². The van der Waals surface area contributed by atoms with E-state index in [0.717, 1.165) is 8.95 Å². The van der Waals surface area contributed by atoms with Gasteiger partial charge in [-0.25, -0.2) is 4.90 Å². The summed E-state index contributed by atoms with van der Waals surface area (Å²) in [5.74, 6) is -2.34. The van der Waals surface area contributed by atoms with Crippen molar-refractivity contribution in [2.24, 2.45) is 22.9 Å². The number of carbonyl (C=O) groups excluding carboxylic acids is 2. The van der Waals surface area contributed by atoms with Gasteiger partial charge in [0, 0.05) is 8.95 Å². The van der Waals surface area contributed by atoms with Crippen molar-refractivity contribution in [3.05, 3.63) is 73.5 Å². The topological polar surface area (TPSA) is 98.4 Å². The van der Waals surface area contributed by atoms with Crippen molar-refractivity contribution in [1.82, 2.24) is 0 Å². The lowest BCUT2D eigenvalue weighted by molar-refractivity contribution is -0.125. The van der Waals surface area contributed by atoms with E-state index < -0.39 is 36.1 Å². The van der Waals surface area contributed by atoms with E-state index in [0.29, 0.717) is 22.4 Å². The smallest absolute Gasteiger partial charge is 0.240 e. The fraction of sp³-hybridized carbons (Fsp3) is 0.250. The van der Waals surface area contributed by atoms with Gasteiger partial charge in [-0.05, 0) is 42.5 Å². The molecule has 170 valence electrons. The summed E-state index contributed by atoms with van der Waals surface area (Å²) in [4.78, 5) is 46.9. The number of hydrogen-bond donors (Lipinski definition) is 0. The third-order valence-corrected chi connectivity index (χ3v) is 8.16. The highest BCUT2D eigenvalue weighted by Crippen LogP contribution is 2.55. The summed E-state index contributed by atoms with van der Waals surface area (Å²) in [6.45, 7) is 0. The fourth-order valence-electron chi connectivity index (χ4n) is 5.70. The average Bonchev–Trinajstić information content (AvgIpc) is 3.56. The molecule has 0 spiro atoms. The Morgan fingerprint density at radius 3 is 2.29 bits per heavy atom. The predicted molar refractivity (Wildman–Crippen MR) is 127 cm³/mol. The fourth-order valence-corrected chi connectivity index (χ4v) is 6.33. The van der Waals surface area contributed by atoms with Crippen LogP contribution in [0.25, 0.3) is 11.0 Å². The number of ether oxygens (including phenoxy) is 1. The second-order valence-electron chi connectivity index (χ2n) is 8.80. The molecule has 3 saturated heterocycles. The van der Waals surface area contributed by atoms with Crippen LogP contribution in [-0.4, -0.2) is 35.8 Å². The Kier molecular flexibility index (Phi) is 4.29. The summed E-state index contributed by atoms with van der Waals surface area (Å²) in [7, 11) is 0. The maximum Gasteiger partial charge on any atom is 0.240 e. The van der Waals surface area contributed by atoms with Gasteiger partial charge in [-0.15, -0.1) is 0 Å². The molecule has 10 heteroatoms. The number of rotatable bonds is 2. The van der Waals surface area contributed by atoms with E-state index in [-0.39, 0.29) is 22.8 Å². The first-order chi connectivity index (χ1) is 16.4. The quantitative estimate of drug-likeness (QED) is 0.426. The number of benzene rings is 2. The van der Waals surface area contributed by atoms with Gasteiger partial charge in [0.1, 0.15) is 23.7 Å².